The van der Waals surface area contributed by atoms with Gasteiger partial charge in [-0.3, -0.25) is 0 Å². The SMILES string of the molecule is Cc1ccc(OCC(O)CNC(C)(C)C(C)(C)O)c(Br)c1. The maximum absolute atomic E-state index is 10.0. The second-order valence-electron chi connectivity index (χ2n) is 6.46. The van der Waals surface area contributed by atoms with Gasteiger partial charge in [-0.15, -0.1) is 0 Å². The van der Waals surface area contributed by atoms with Crippen LogP contribution in [0.15, 0.2) is 22.7 Å². The molecule has 1 aromatic carbocycles. The highest BCUT2D eigenvalue weighted by molar-refractivity contribution is 9.10. The molecule has 0 fully saturated rings. The molecule has 0 amide bonds. The minimum atomic E-state index is -0.881. The average molecular weight is 360 g/mol. The van der Waals surface area contributed by atoms with Crippen molar-refractivity contribution < 1.29 is 14.9 Å². The molecule has 0 aliphatic heterocycles. The van der Waals surface area contributed by atoms with Crippen LogP contribution in [-0.2, 0) is 0 Å². The van der Waals surface area contributed by atoms with Gasteiger partial charge < -0.3 is 20.3 Å². The van der Waals surface area contributed by atoms with Crippen LogP contribution >= 0.6 is 15.9 Å². The molecule has 1 rings (SSSR count). The van der Waals surface area contributed by atoms with Crippen LogP contribution < -0.4 is 10.1 Å². The van der Waals surface area contributed by atoms with E-state index < -0.39 is 17.2 Å². The summed E-state index contributed by atoms with van der Waals surface area (Å²) < 4.78 is 6.48. The highest BCUT2D eigenvalue weighted by Gasteiger charge is 2.34. The first-order valence-electron chi connectivity index (χ1n) is 7.07. The van der Waals surface area contributed by atoms with E-state index in [0.29, 0.717) is 12.3 Å². The van der Waals surface area contributed by atoms with Gasteiger partial charge in [-0.1, -0.05) is 6.07 Å². The summed E-state index contributed by atoms with van der Waals surface area (Å²) in [6, 6.07) is 5.81. The van der Waals surface area contributed by atoms with Gasteiger partial charge in [-0.2, -0.15) is 0 Å². The monoisotopic (exact) mass is 359 g/mol. The van der Waals surface area contributed by atoms with Crippen molar-refractivity contribution in [3.63, 3.8) is 0 Å². The van der Waals surface area contributed by atoms with Crippen LogP contribution in [0.25, 0.3) is 0 Å². The zero-order chi connectivity index (χ0) is 16.3. The molecule has 1 aromatic rings. The molecule has 0 aromatic heterocycles. The second kappa shape index (κ2) is 7.09. The first kappa shape index (κ1) is 18.4. The van der Waals surface area contributed by atoms with E-state index in [1.807, 2.05) is 39.0 Å². The summed E-state index contributed by atoms with van der Waals surface area (Å²) in [5.74, 6) is 0.710. The van der Waals surface area contributed by atoms with Crippen LogP contribution in [0.1, 0.15) is 33.3 Å². The highest BCUT2D eigenvalue weighted by atomic mass is 79.9. The van der Waals surface area contributed by atoms with E-state index in [1.165, 1.54) is 0 Å². The van der Waals surface area contributed by atoms with E-state index in [-0.39, 0.29) is 6.61 Å². The molecule has 0 heterocycles. The summed E-state index contributed by atoms with van der Waals surface area (Å²) in [6.07, 6.45) is -0.653. The Balaban J connectivity index is 2.46. The van der Waals surface area contributed by atoms with Crippen LogP contribution in [0.2, 0.25) is 0 Å². The number of nitrogens with one attached hydrogen (secondary N) is 1. The molecule has 0 radical (unpaired) electrons. The number of hydrogen-bond acceptors (Lipinski definition) is 4. The number of halogens is 1. The highest BCUT2D eigenvalue weighted by Crippen LogP contribution is 2.26. The van der Waals surface area contributed by atoms with Crippen LogP contribution in [0.3, 0.4) is 0 Å². The molecule has 0 saturated heterocycles. The first-order chi connectivity index (χ1) is 9.53. The van der Waals surface area contributed by atoms with Crippen molar-refractivity contribution in [1.82, 2.24) is 5.32 Å². The molecule has 4 nitrogen and oxygen atoms in total. The quantitative estimate of drug-likeness (QED) is 0.700. The largest absolute Gasteiger partial charge is 0.490 e. The zero-order valence-corrected chi connectivity index (χ0v) is 15.0. The van der Waals surface area contributed by atoms with E-state index in [4.69, 9.17) is 4.74 Å². The molecule has 1 atom stereocenters. The lowest BCUT2D eigenvalue weighted by atomic mass is 9.86. The summed E-state index contributed by atoms with van der Waals surface area (Å²) in [7, 11) is 0. The van der Waals surface area contributed by atoms with Crippen LogP contribution in [0.4, 0.5) is 0 Å². The van der Waals surface area contributed by atoms with Crippen molar-refractivity contribution in [2.75, 3.05) is 13.2 Å². The first-order valence-corrected chi connectivity index (χ1v) is 7.86. The van der Waals surface area contributed by atoms with Gasteiger partial charge in [-0.05, 0) is 68.2 Å². The number of aliphatic hydroxyl groups excluding tert-OH is 1. The molecule has 0 saturated carbocycles. The van der Waals surface area contributed by atoms with Crippen LogP contribution in [0.5, 0.6) is 5.75 Å². The number of hydrogen-bond donors (Lipinski definition) is 3. The molecule has 1 unspecified atom stereocenters. The lowest BCUT2D eigenvalue weighted by Crippen LogP contribution is -2.57. The van der Waals surface area contributed by atoms with Crippen molar-refractivity contribution in [3.05, 3.63) is 28.2 Å². The van der Waals surface area contributed by atoms with Crippen molar-refractivity contribution in [2.24, 2.45) is 0 Å². The third kappa shape index (κ3) is 5.58. The number of ether oxygens (including phenoxy) is 1. The fourth-order valence-corrected chi connectivity index (χ4v) is 2.16. The number of aliphatic hydroxyl groups is 2. The van der Waals surface area contributed by atoms with Gasteiger partial charge >= 0.3 is 0 Å². The normalized spacial score (nSPS) is 14.1. The van der Waals surface area contributed by atoms with Gasteiger partial charge in [0.15, 0.2) is 0 Å². The molecule has 0 aliphatic carbocycles. The Bertz CT molecular complexity index is 469. The Labute approximate surface area is 135 Å². The van der Waals surface area contributed by atoms with E-state index in [2.05, 4.69) is 21.2 Å². The Morgan fingerprint density at radius 1 is 1.29 bits per heavy atom. The molecule has 120 valence electrons. The van der Waals surface area contributed by atoms with Crippen LogP contribution in [0, 0.1) is 6.92 Å². The summed E-state index contributed by atoms with van der Waals surface area (Å²) >= 11 is 3.44. The molecule has 3 N–H and O–H groups in total. The van der Waals surface area contributed by atoms with E-state index in [9.17, 15) is 10.2 Å². The summed E-state index contributed by atoms with van der Waals surface area (Å²) in [4.78, 5) is 0. The number of aryl methyl sites for hydroxylation is 1. The standard InChI is InChI=1S/C16H26BrNO3/c1-11-6-7-14(13(17)8-11)21-10-12(19)9-18-15(2,3)16(4,5)20/h6-8,12,18-20H,9-10H2,1-5H3. The topological polar surface area (TPSA) is 61.7 Å². The Morgan fingerprint density at radius 3 is 2.43 bits per heavy atom. The van der Waals surface area contributed by atoms with Gasteiger partial charge in [0, 0.05) is 12.1 Å². The Hall–Kier alpha value is -0.620. The van der Waals surface area contributed by atoms with Crippen molar-refractivity contribution in [2.45, 2.75) is 51.9 Å². The van der Waals surface area contributed by atoms with Gasteiger partial charge in [-0.25, -0.2) is 0 Å². The number of β-amino-alcohol motifs (C(OH)–C–C–N with tert-alkyl or cyclic N) is 1. The van der Waals surface area contributed by atoms with Gasteiger partial charge in [0.05, 0.1) is 10.1 Å². The predicted octanol–water partition coefficient (Wildman–Crippen LogP) is 2.64. The fourth-order valence-electron chi connectivity index (χ4n) is 1.56. The predicted molar refractivity (Wildman–Crippen MR) is 88.8 cm³/mol. The lowest BCUT2D eigenvalue weighted by molar-refractivity contribution is -0.0120. The summed E-state index contributed by atoms with van der Waals surface area (Å²) in [5.41, 5.74) is -0.241. The van der Waals surface area contributed by atoms with Crippen LogP contribution in [-0.4, -0.2) is 40.6 Å². The van der Waals surface area contributed by atoms with Gasteiger partial charge in [0.25, 0.3) is 0 Å². The maximum Gasteiger partial charge on any atom is 0.133 e. The second-order valence-corrected chi connectivity index (χ2v) is 7.32. The fraction of sp³-hybridized carbons (Fsp3) is 0.625. The lowest BCUT2D eigenvalue weighted by Gasteiger charge is -2.38. The summed E-state index contributed by atoms with van der Waals surface area (Å²) in [6.45, 7) is 9.83. The van der Waals surface area contributed by atoms with Crippen molar-refractivity contribution >= 4 is 15.9 Å². The number of rotatable bonds is 7. The molecule has 0 bridgehead atoms. The zero-order valence-electron chi connectivity index (χ0n) is 13.4. The molecule has 0 spiro atoms. The van der Waals surface area contributed by atoms with Crippen molar-refractivity contribution in [1.29, 1.82) is 0 Å². The third-order valence-corrected chi connectivity index (χ3v) is 4.45. The number of benzene rings is 1. The van der Waals surface area contributed by atoms with E-state index >= 15 is 0 Å². The molecular weight excluding hydrogens is 334 g/mol. The molecule has 0 aliphatic rings. The maximum atomic E-state index is 10.0. The van der Waals surface area contributed by atoms with E-state index in [1.54, 1.807) is 13.8 Å². The van der Waals surface area contributed by atoms with Gasteiger partial charge in [0.2, 0.25) is 0 Å². The average Bonchev–Trinajstić information content (AvgIpc) is 2.34. The third-order valence-electron chi connectivity index (χ3n) is 3.83. The molecule has 21 heavy (non-hydrogen) atoms. The van der Waals surface area contributed by atoms with Crippen molar-refractivity contribution in [3.8, 4) is 5.75 Å². The Kier molecular flexibility index (Phi) is 6.23. The molecular formula is C16H26BrNO3. The van der Waals surface area contributed by atoms with E-state index in [0.717, 1.165) is 10.0 Å². The minimum Gasteiger partial charge on any atom is -0.490 e. The smallest absolute Gasteiger partial charge is 0.133 e. The Morgan fingerprint density at radius 2 is 1.90 bits per heavy atom. The molecule has 5 heteroatoms. The summed E-state index contributed by atoms with van der Waals surface area (Å²) in [5, 5.41) is 23.2. The van der Waals surface area contributed by atoms with Gasteiger partial charge in [0.1, 0.15) is 18.5 Å². The minimum absolute atomic E-state index is 0.191.